The predicted octanol–water partition coefficient (Wildman–Crippen LogP) is 3.34. The molecule has 0 amide bonds. The Morgan fingerprint density at radius 2 is 2.20 bits per heavy atom. The highest BCUT2D eigenvalue weighted by Gasteiger charge is 2.30. The van der Waals surface area contributed by atoms with E-state index in [0.29, 0.717) is 5.92 Å². The van der Waals surface area contributed by atoms with Crippen molar-refractivity contribution in [3.05, 3.63) is 34.4 Å². The molecule has 1 heterocycles. The van der Waals surface area contributed by atoms with Crippen molar-refractivity contribution in [3.63, 3.8) is 0 Å². The van der Waals surface area contributed by atoms with Gasteiger partial charge in [0.05, 0.1) is 0 Å². The molecule has 3 rings (SSSR count). The fourth-order valence-electron chi connectivity index (χ4n) is 2.10. The summed E-state index contributed by atoms with van der Waals surface area (Å²) < 4.78 is 1.11. The highest BCUT2D eigenvalue weighted by molar-refractivity contribution is 9.10. The van der Waals surface area contributed by atoms with Crippen LogP contribution in [0.3, 0.4) is 0 Å². The standard InChI is InChI=1S/C12H13BrN2/c13-8-3-4-11-9(5-8)10(6-15-11)12(14)7-1-2-7/h3-7,12,15H,1-2,14H2/t12-/m1/s1. The number of aromatic nitrogens is 1. The number of benzene rings is 1. The van der Waals surface area contributed by atoms with Crippen molar-refractivity contribution >= 4 is 26.8 Å². The van der Waals surface area contributed by atoms with Gasteiger partial charge in [-0.05, 0) is 42.5 Å². The average molecular weight is 265 g/mol. The van der Waals surface area contributed by atoms with E-state index in [2.05, 4.69) is 39.2 Å². The van der Waals surface area contributed by atoms with E-state index in [-0.39, 0.29) is 6.04 Å². The zero-order chi connectivity index (χ0) is 10.4. The number of halogens is 1. The molecule has 0 radical (unpaired) electrons. The molecule has 0 aliphatic heterocycles. The lowest BCUT2D eigenvalue weighted by molar-refractivity contribution is 0.638. The lowest BCUT2D eigenvalue weighted by Crippen LogP contribution is -2.11. The number of hydrogen-bond donors (Lipinski definition) is 2. The third-order valence-electron chi connectivity index (χ3n) is 3.16. The predicted molar refractivity (Wildman–Crippen MR) is 65.7 cm³/mol. The summed E-state index contributed by atoms with van der Waals surface area (Å²) in [5, 5.41) is 1.25. The van der Waals surface area contributed by atoms with Crippen LogP contribution in [0.15, 0.2) is 28.9 Å². The van der Waals surface area contributed by atoms with Gasteiger partial charge in [-0.15, -0.1) is 0 Å². The van der Waals surface area contributed by atoms with Gasteiger partial charge in [0.2, 0.25) is 0 Å². The molecule has 0 unspecified atom stereocenters. The van der Waals surface area contributed by atoms with Gasteiger partial charge in [-0.1, -0.05) is 15.9 Å². The molecule has 1 aliphatic carbocycles. The molecule has 0 saturated heterocycles. The molecule has 3 heteroatoms. The molecule has 3 N–H and O–H groups in total. The monoisotopic (exact) mass is 264 g/mol. The number of nitrogens with two attached hydrogens (primary N) is 1. The summed E-state index contributed by atoms with van der Waals surface area (Å²) in [6.45, 7) is 0. The molecule has 1 aromatic heterocycles. The summed E-state index contributed by atoms with van der Waals surface area (Å²) in [4.78, 5) is 3.28. The van der Waals surface area contributed by atoms with Gasteiger partial charge >= 0.3 is 0 Å². The van der Waals surface area contributed by atoms with Gasteiger partial charge in [0.15, 0.2) is 0 Å². The second kappa shape index (κ2) is 3.35. The van der Waals surface area contributed by atoms with Crippen molar-refractivity contribution in [1.29, 1.82) is 0 Å². The summed E-state index contributed by atoms with van der Waals surface area (Å²) in [6, 6.07) is 6.48. The quantitative estimate of drug-likeness (QED) is 0.859. The maximum atomic E-state index is 6.23. The molecule has 0 bridgehead atoms. The van der Waals surface area contributed by atoms with Crippen molar-refractivity contribution in [1.82, 2.24) is 4.98 Å². The van der Waals surface area contributed by atoms with Gasteiger partial charge in [-0.25, -0.2) is 0 Å². The number of fused-ring (bicyclic) bond motifs is 1. The first-order chi connectivity index (χ1) is 7.25. The van der Waals surface area contributed by atoms with Gasteiger partial charge < -0.3 is 10.7 Å². The molecule has 1 atom stereocenters. The van der Waals surface area contributed by atoms with E-state index >= 15 is 0 Å². The van der Waals surface area contributed by atoms with E-state index in [9.17, 15) is 0 Å². The molecule has 0 spiro atoms. The Bertz CT molecular complexity index is 499. The average Bonchev–Trinajstić information content (AvgIpc) is 2.98. The van der Waals surface area contributed by atoms with Crippen LogP contribution in [0.4, 0.5) is 0 Å². The van der Waals surface area contributed by atoms with E-state index in [1.54, 1.807) is 0 Å². The van der Waals surface area contributed by atoms with E-state index in [0.717, 1.165) is 4.47 Å². The van der Waals surface area contributed by atoms with Gasteiger partial charge in [0, 0.05) is 27.6 Å². The van der Waals surface area contributed by atoms with Crippen molar-refractivity contribution < 1.29 is 0 Å². The largest absolute Gasteiger partial charge is 0.361 e. The minimum absolute atomic E-state index is 0.202. The Kier molecular flexibility index (Phi) is 2.11. The summed E-state index contributed by atoms with van der Waals surface area (Å²) in [5.74, 6) is 0.697. The zero-order valence-electron chi connectivity index (χ0n) is 8.33. The molecular formula is C12H13BrN2. The van der Waals surface area contributed by atoms with Crippen LogP contribution in [0.5, 0.6) is 0 Å². The Morgan fingerprint density at radius 3 is 2.93 bits per heavy atom. The summed E-state index contributed by atoms with van der Waals surface area (Å²) in [7, 11) is 0. The fourth-order valence-corrected chi connectivity index (χ4v) is 2.46. The van der Waals surface area contributed by atoms with E-state index < -0.39 is 0 Å². The first kappa shape index (κ1) is 9.43. The van der Waals surface area contributed by atoms with Crippen LogP contribution in [-0.4, -0.2) is 4.98 Å². The van der Waals surface area contributed by atoms with Crippen LogP contribution in [0, 0.1) is 5.92 Å². The molecule has 1 aliphatic rings. The minimum Gasteiger partial charge on any atom is -0.361 e. The second-order valence-electron chi connectivity index (χ2n) is 4.30. The number of rotatable bonds is 2. The Morgan fingerprint density at radius 1 is 1.40 bits per heavy atom. The molecule has 78 valence electrons. The van der Waals surface area contributed by atoms with E-state index in [1.807, 2.05) is 6.07 Å². The van der Waals surface area contributed by atoms with Crippen LogP contribution in [0.2, 0.25) is 0 Å². The SMILES string of the molecule is N[C@@H](c1c[nH]c2ccc(Br)cc12)C1CC1. The second-order valence-corrected chi connectivity index (χ2v) is 5.21. The minimum atomic E-state index is 0.202. The van der Waals surface area contributed by atoms with Gasteiger partial charge in [-0.2, -0.15) is 0 Å². The van der Waals surface area contributed by atoms with E-state index in [4.69, 9.17) is 5.73 Å². The first-order valence-electron chi connectivity index (χ1n) is 5.28. The van der Waals surface area contributed by atoms with E-state index in [1.165, 1.54) is 29.3 Å². The Hall–Kier alpha value is -0.800. The van der Waals surface area contributed by atoms with Gasteiger partial charge in [0.1, 0.15) is 0 Å². The third kappa shape index (κ3) is 1.60. The normalized spacial score (nSPS) is 18.3. The highest BCUT2D eigenvalue weighted by Crippen LogP contribution is 2.41. The first-order valence-corrected chi connectivity index (χ1v) is 6.07. The molecule has 15 heavy (non-hydrogen) atoms. The summed E-state index contributed by atoms with van der Waals surface area (Å²) >= 11 is 3.50. The molecule has 1 saturated carbocycles. The Labute approximate surface area is 97.0 Å². The molecule has 2 nitrogen and oxygen atoms in total. The highest BCUT2D eigenvalue weighted by atomic mass is 79.9. The third-order valence-corrected chi connectivity index (χ3v) is 3.66. The molecule has 1 aromatic carbocycles. The number of aromatic amines is 1. The molecule has 1 fully saturated rings. The summed E-state index contributed by atoms with van der Waals surface area (Å²) in [6.07, 6.45) is 4.61. The van der Waals surface area contributed by atoms with Crippen LogP contribution >= 0.6 is 15.9 Å². The number of H-pyrrole nitrogens is 1. The smallest absolute Gasteiger partial charge is 0.0458 e. The number of nitrogens with one attached hydrogen (secondary N) is 1. The molecular weight excluding hydrogens is 252 g/mol. The fraction of sp³-hybridized carbons (Fsp3) is 0.333. The van der Waals surface area contributed by atoms with Gasteiger partial charge in [0.25, 0.3) is 0 Å². The van der Waals surface area contributed by atoms with Gasteiger partial charge in [-0.3, -0.25) is 0 Å². The maximum Gasteiger partial charge on any atom is 0.0458 e. The van der Waals surface area contributed by atoms with Crippen molar-refractivity contribution in [2.75, 3.05) is 0 Å². The van der Waals surface area contributed by atoms with Crippen molar-refractivity contribution in [2.45, 2.75) is 18.9 Å². The van der Waals surface area contributed by atoms with Crippen LogP contribution in [-0.2, 0) is 0 Å². The van der Waals surface area contributed by atoms with Crippen LogP contribution in [0.25, 0.3) is 10.9 Å². The maximum absolute atomic E-state index is 6.23. The lowest BCUT2D eigenvalue weighted by Gasteiger charge is -2.08. The topological polar surface area (TPSA) is 41.8 Å². The number of hydrogen-bond acceptors (Lipinski definition) is 1. The molecule has 2 aromatic rings. The van der Waals surface area contributed by atoms with Crippen molar-refractivity contribution in [2.24, 2.45) is 11.7 Å². The van der Waals surface area contributed by atoms with Crippen LogP contribution < -0.4 is 5.73 Å². The lowest BCUT2D eigenvalue weighted by atomic mass is 10.0. The zero-order valence-corrected chi connectivity index (χ0v) is 9.92. The van der Waals surface area contributed by atoms with Crippen molar-refractivity contribution in [3.8, 4) is 0 Å². The van der Waals surface area contributed by atoms with Crippen LogP contribution in [0.1, 0.15) is 24.4 Å². The summed E-state index contributed by atoms with van der Waals surface area (Å²) in [5.41, 5.74) is 8.65. The Balaban J connectivity index is 2.13.